The second-order valence-electron chi connectivity index (χ2n) is 3.94. The van der Waals surface area contributed by atoms with Gasteiger partial charge in [0, 0.05) is 12.6 Å². The van der Waals surface area contributed by atoms with Crippen LogP contribution in [0.1, 0.15) is 42.3 Å². The standard InChI is InChI=1S/C12H20N2O2.ClH/c1-3-4-5-10(8-13)14-12(15)11-6-7-16-9(11)2;/h6-7,10H,3-5,8,13H2,1-2H3,(H,14,15);1H. The third-order valence-electron chi connectivity index (χ3n) is 2.63. The molecule has 1 amide bonds. The Morgan fingerprint density at radius 2 is 2.29 bits per heavy atom. The first-order chi connectivity index (χ1) is 7.69. The number of carbonyl (C=O) groups excluding carboxylic acids is 1. The van der Waals surface area contributed by atoms with E-state index in [-0.39, 0.29) is 24.4 Å². The van der Waals surface area contributed by atoms with Gasteiger partial charge in [-0.15, -0.1) is 12.4 Å². The van der Waals surface area contributed by atoms with Crippen molar-refractivity contribution in [1.29, 1.82) is 0 Å². The van der Waals surface area contributed by atoms with Crippen LogP contribution < -0.4 is 11.1 Å². The zero-order chi connectivity index (χ0) is 12.0. The SMILES string of the molecule is CCCCC(CN)NC(=O)c1ccoc1C.Cl. The van der Waals surface area contributed by atoms with E-state index in [1.165, 1.54) is 6.26 Å². The predicted molar refractivity (Wildman–Crippen MR) is 70.5 cm³/mol. The summed E-state index contributed by atoms with van der Waals surface area (Å²) in [6, 6.07) is 1.74. The number of hydrogen-bond donors (Lipinski definition) is 2. The number of furan rings is 1. The maximum Gasteiger partial charge on any atom is 0.255 e. The summed E-state index contributed by atoms with van der Waals surface area (Å²) in [7, 11) is 0. The highest BCUT2D eigenvalue weighted by Crippen LogP contribution is 2.09. The summed E-state index contributed by atoms with van der Waals surface area (Å²) in [6.45, 7) is 4.37. The van der Waals surface area contributed by atoms with E-state index in [0.717, 1.165) is 19.3 Å². The van der Waals surface area contributed by atoms with Crippen molar-refractivity contribution in [2.45, 2.75) is 39.2 Å². The fourth-order valence-electron chi connectivity index (χ4n) is 1.58. The van der Waals surface area contributed by atoms with Gasteiger partial charge in [-0.3, -0.25) is 4.79 Å². The van der Waals surface area contributed by atoms with Crippen molar-refractivity contribution in [2.24, 2.45) is 5.73 Å². The first kappa shape index (κ1) is 16.0. The summed E-state index contributed by atoms with van der Waals surface area (Å²) in [5.74, 6) is 0.543. The molecule has 0 aliphatic heterocycles. The maximum atomic E-state index is 11.8. The lowest BCUT2D eigenvalue weighted by Gasteiger charge is -2.15. The molecule has 1 rings (SSSR count). The van der Waals surface area contributed by atoms with E-state index in [2.05, 4.69) is 12.2 Å². The average molecular weight is 261 g/mol. The van der Waals surface area contributed by atoms with Crippen molar-refractivity contribution in [2.75, 3.05) is 6.54 Å². The Balaban J connectivity index is 0.00000256. The van der Waals surface area contributed by atoms with Crippen LogP contribution in [-0.4, -0.2) is 18.5 Å². The molecule has 17 heavy (non-hydrogen) atoms. The monoisotopic (exact) mass is 260 g/mol. The third kappa shape index (κ3) is 4.79. The number of aryl methyl sites for hydroxylation is 1. The van der Waals surface area contributed by atoms with E-state index in [4.69, 9.17) is 10.2 Å². The fraction of sp³-hybridized carbons (Fsp3) is 0.583. The van der Waals surface area contributed by atoms with Crippen LogP contribution in [0.5, 0.6) is 0 Å². The number of amides is 1. The Hall–Kier alpha value is -1.00. The van der Waals surface area contributed by atoms with Gasteiger partial charge >= 0.3 is 0 Å². The van der Waals surface area contributed by atoms with Crippen LogP contribution >= 0.6 is 12.4 Å². The Morgan fingerprint density at radius 3 is 2.76 bits per heavy atom. The lowest BCUT2D eigenvalue weighted by atomic mass is 10.1. The average Bonchev–Trinajstić information content (AvgIpc) is 2.70. The van der Waals surface area contributed by atoms with Crippen molar-refractivity contribution in [3.8, 4) is 0 Å². The van der Waals surface area contributed by atoms with E-state index in [9.17, 15) is 4.79 Å². The van der Waals surface area contributed by atoms with Gasteiger partial charge < -0.3 is 15.5 Å². The second kappa shape index (κ2) is 8.14. The quantitative estimate of drug-likeness (QED) is 0.824. The number of nitrogens with one attached hydrogen (secondary N) is 1. The minimum absolute atomic E-state index is 0. The van der Waals surface area contributed by atoms with Crippen molar-refractivity contribution in [3.05, 3.63) is 23.7 Å². The number of hydrogen-bond acceptors (Lipinski definition) is 3. The normalized spacial score (nSPS) is 11.7. The van der Waals surface area contributed by atoms with Gasteiger partial charge in [-0.1, -0.05) is 19.8 Å². The number of unbranched alkanes of at least 4 members (excludes halogenated alkanes) is 1. The van der Waals surface area contributed by atoms with Crippen LogP contribution in [-0.2, 0) is 0 Å². The minimum Gasteiger partial charge on any atom is -0.469 e. The molecule has 1 heterocycles. The van der Waals surface area contributed by atoms with E-state index < -0.39 is 0 Å². The van der Waals surface area contributed by atoms with Crippen molar-refractivity contribution >= 4 is 18.3 Å². The first-order valence-electron chi connectivity index (χ1n) is 5.74. The van der Waals surface area contributed by atoms with Crippen LogP contribution in [0.15, 0.2) is 16.7 Å². The lowest BCUT2D eigenvalue weighted by molar-refractivity contribution is 0.0934. The van der Waals surface area contributed by atoms with Gasteiger partial charge in [0.05, 0.1) is 11.8 Å². The van der Waals surface area contributed by atoms with Crippen LogP contribution in [0.25, 0.3) is 0 Å². The Kier molecular flexibility index (Phi) is 7.66. The van der Waals surface area contributed by atoms with Gasteiger partial charge in [0.25, 0.3) is 5.91 Å². The third-order valence-corrected chi connectivity index (χ3v) is 2.63. The molecule has 3 N–H and O–H groups in total. The zero-order valence-electron chi connectivity index (χ0n) is 10.4. The molecular formula is C12H21ClN2O2. The number of nitrogens with two attached hydrogens (primary N) is 1. The van der Waals surface area contributed by atoms with Crippen molar-refractivity contribution in [1.82, 2.24) is 5.32 Å². The first-order valence-corrected chi connectivity index (χ1v) is 5.74. The van der Waals surface area contributed by atoms with E-state index in [0.29, 0.717) is 17.9 Å². The lowest BCUT2D eigenvalue weighted by Crippen LogP contribution is -2.40. The van der Waals surface area contributed by atoms with Crippen molar-refractivity contribution < 1.29 is 9.21 Å². The molecule has 0 radical (unpaired) electrons. The van der Waals surface area contributed by atoms with Gasteiger partial charge in [-0.05, 0) is 19.4 Å². The maximum absolute atomic E-state index is 11.8. The molecule has 0 aliphatic rings. The summed E-state index contributed by atoms with van der Waals surface area (Å²) in [5.41, 5.74) is 6.21. The molecule has 1 aromatic rings. The summed E-state index contributed by atoms with van der Waals surface area (Å²) in [4.78, 5) is 11.8. The number of halogens is 1. The van der Waals surface area contributed by atoms with E-state index in [1.54, 1.807) is 13.0 Å². The summed E-state index contributed by atoms with van der Waals surface area (Å²) < 4.78 is 5.09. The summed E-state index contributed by atoms with van der Waals surface area (Å²) in [6.07, 6.45) is 4.63. The predicted octanol–water partition coefficient (Wildman–Crippen LogP) is 2.26. The molecule has 4 nitrogen and oxygen atoms in total. The van der Waals surface area contributed by atoms with Crippen LogP contribution in [0.3, 0.4) is 0 Å². The fourth-order valence-corrected chi connectivity index (χ4v) is 1.58. The van der Waals surface area contributed by atoms with Crippen molar-refractivity contribution in [3.63, 3.8) is 0 Å². The molecule has 0 aliphatic carbocycles. The molecule has 0 fully saturated rings. The molecule has 0 bridgehead atoms. The Morgan fingerprint density at radius 1 is 1.59 bits per heavy atom. The van der Waals surface area contributed by atoms with Gasteiger partial charge in [0.1, 0.15) is 5.76 Å². The van der Waals surface area contributed by atoms with Crippen LogP contribution in [0.4, 0.5) is 0 Å². The summed E-state index contributed by atoms with van der Waals surface area (Å²) >= 11 is 0. The van der Waals surface area contributed by atoms with Crippen LogP contribution in [0, 0.1) is 6.92 Å². The zero-order valence-corrected chi connectivity index (χ0v) is 11.2. The highest BCUT2D eigenvalue weighted by molar-refractivity contribution is 5.95. The molecule has 0 saturated carbocycles. The van der Waals surface area contributed by atoms with E-state index in [1.807, 2.05) is 0 Å². The van der Waals surface area contributed by atoms with Gasteiger partial charge in [0.15, 0.2) is 0 Å². The molecule has 1 atom stereocenters. The molecule has 1 aromatic heterocycles. The second-order valence-corrected chi connectivity index (χ2v) is 3.94. The molecule has 0 saturated heterocycles. The van der Waals surface area contributed by atoms with Gasteiger partial charge in [-0.25, -0.2) is 0 Å². The minimum atomic E-state index is -0.0993. The Bertz CT molecular complexity index is 339. The highest BCUT2D eigenvalue weighted by atomic mass is 35.5. The Labute approximate surface area is 108 Å². The molecule has 0 aromatic carbocycles. The van der Waals surface area contributed by atoms with Gasteiger partial charge in [0.2, 0.25) is 0 Å². The van der Waals surface area contributed by atoms with Gasteiger partial charge in [-0.2, -0.15) is 0 Å². The number of carbonyl (C=O) groups is 1. The molecule has 0 spiro atoms. The molecule has 5 heteroatoms. The largest absolute Gasteiger partial charge is 0.469 e. The smallest absolute Gasteiger partial charge is 0.255 e. The van der Waals surface area contributed by atoms with E-state index >= 15 is 0 Å². The molecular weight excluding hydrogens is 240 g/mol. The highest BCUT2D eigenvalue weighted by Gasteiger charge is 2.15. The summed E-state index contributed by atoms with van der Waals surface area (Å²) in [5, 5.41) is 2.92. The number of rotatable bonds is 6. The molecule has 1 unspecified atom stereocenters. The topological polar surface area (TPSA) is 68.3 Å². The molecule has 98 valence electrons. The van der Waals surface area contributed by atoms with Crippen LogP contribution in [0.2, 0.25) is 0 Å².